The lowest BCUT2D eigenvalue weighted by atomic mass is 9.89. The third kappa shape index (κ3) is 1.72. The molecule has 0 saturated carbocycles. The zero-order valence-electron chi connectivity index (χ0n) is 8.16. The number of hydrogen-bond donors (Lipinski definition) is 2. The summed E-state index contributed by atoms with van der Waals surface area (Å²) in [4.78, 5) is 11.2. The van der Waals surface area contributed by atoms with Crippen LogP contribution in [0.15, 0.2) is 24.3 Å². The fraction of sp³-hybridized carbons (Fsp3) is 0.364. The highest BCUT2D eigenvalue weighted by Crippen LogP contribution is 2.30. The SMILES string of the molecule is O=C1CCC(CO)(c2ccc(F)cc2)N1. The van der Waals surface area contributed by atoms with E-state index < -0.39 is 5.54 Å². The highest BCUT2D eigenvalue weighted by molar-refractivity contribution is 5.79. The number of carbonyl (C=O) groups excluding carboxylic acids is 1. The van der Waals surface area contributed by atoms with Crippen LogP contribution in [0.4, 0.5) is 4.39 Å². The molecule has 0 spiro atoms. The van der Waals surface area contributed by atoms with Gasteiger partial charge in [0.25, 0.3) is 0 Å². The van der Waals surface area contributed by atoms with Crippen LogP contribution in [0, 0.1) is 5.82 Å². The van der Waals surface area contributed by atoms with Crippen LogP contribution in [0.2, 0.25) is 0 Å². The number of hydrogen-bond acceptors (Lipinski definition) is 2. The molecule has 1 aromatic carbocycles. The first-order valence-electron chi connectivity index (χ1n) is 4.84. The molecule has 4 heteroatoms. The maximum absolute atomic E-state index is 12.7. The second-order valence-corrected chi connectivity index (χ2v) is 3.80. The van der Waals surface area contributed by atoms with Crippen LogP contribution >= 0.6 is 0 Å². The first-order valence-corrected chi connectivity index (χ1v) is 4.84. The molecule has 15 heavy (non-hydrogen) atoms. The van der Waals surface area contributed by atoms with Gasteiger partial charge in [-0.05, 0) is 24.1 Å². The smallest absolute Gasteiger partial charge is 0.220 e. The maximum atomic E-state index is 12.7. The first kappa shape index (κ1) is 10.1. The molecule has 1 aromatic rings. The molecule has 1 amide bonds. The van der Waals surface area contributed by atoms with E-state index in [1.165, 1.54) is 12.1 Å². The summed E-state index contributed by atoms with van der Waals surface area (Å²) < 4.78 is 12.7. The zero-order valence-corrected chi connectivity index (χ0v) is 8.16. The maximum Gasteiger partial charge on any atom is 0.220 e. The Hall–Kier alpha value is -1.42. The van der Waals surface area contributed by atoms with Gasteiger partial charge < -0.3 is 10.4 Å². The Kier molecular flexibility index (Phi) is 2.44. The Morgan fingerprint density at radius 3 is 2.53 bits per heavy atom. The molecular formula is C11H12FNO2. The van der Waals surface area contributed by atoms with E-state index in [4.69, 9.17) is 0 Å². The molecule has 1 aliphatic rings. The molecule has 0 bridgehead atoms. The van der Waals surface area contributed by atoms with Crippen molar-refractivity contribution in [3.05, 3.63) is 35.6 Å². The number of nitrogens with one attached hydrogen (secondary N) is 1. The summed E-state index contributed by atoms with van der Waals surface area (Å²) in [5, 5.41) is 12.1. The predicted octanol–water partition coefficient (Wildman–Crippen LogP) is 0.923. The molecule has 1 fully saturated rings. The average Bonchev–Trinajstić information content (AvgIpc) is 2.62. The van der Waals surface area contributed by atoms with Gasteiger partial charge in [0, 0.05) is 6.42 Å². The molecule has 1 atom stereocenters. The molecule has 80 valence electrons. The van der Waals surface area contributed by atoms with Crippen molar-refractivity contribution in [2.75, 3.05) is 6.61 Å². The number of carbonyl (C=O) groups is 1. The van der Waals surface area contributed by atoms with E-state index in [2.05, 4.69) is 5.32 Å². The van der Waals surface area contributed by atoms with Gasteiger partial charge in [0.2, 0.25) is 5.91 Å². The van der Waals surface area contributed by atoms with E-state index in [-0.39, 0.29) is 18.3 Å². The van der Waals surface area contributed by atoms with E-state index in [1.807, 2.05) is 0 Å². The lowest BCUT2D eigenvalue weighted by Gasteiger charge is -2.27. The second kappa shape index (κ2) is 3.62. The van der Waals surface area contributed by atoms with Crippen molar-refractivity contribution in [2.24, 2.45) is 0 Å². The van der Waals surface area contributed by atoms with Crippen molar-refractivity contribution < 1.29 is 14.3 Å². The van der Waals surface area contributed by atoms with Gasteiger partial charge in [-0.2, -0.15) is 0 Å². The summed E-state index contributed by atoms with van der Waals surface area (Å²) in [6.07, 6.45) is 0.950. The van der Waals surface area contributed by atoms with Crippen LogP contribution in [0.5, 0.6) is 0 Å². The summed E-state index contributed by atoms with van der Waals surface area (Å²) in [5.74, 6) is -0.399. The van der Waals surface area contributed by atoms with Crippen LogP contribution in [0.3, 0.4) is 0 Å². The summed E-state index contributed by atoms with van der Waals surface area (Å²) in [7, 11) is 0. The largest absolute Gasteiger partial charge is 0.394 e. The van der Waals surface area contributed by atoms with E-state index in [0.717, 1.165) is 5.56 Å². The minimum Gasteiger partial charge on any atom is -0.394 e. The molecule has 2 rings (SSSR count). The number of amides is 1. The lowest BCUT2D eigenvalue weighted by Crippen LogP contribution is -2.42. The lowest BCUT2D eigenvalue weighted by molar-refractivity contribution is -0.120. The van der Waals surface area contributed by atoms with Crippen molar-refractivity contribution >= 4 is 5.91 Å². The Morgan fingerprint density at radius 1 is 1.40 bits per heavy atom. The van der Waals surface area contributed by atoms with Crippen molar-refractivity contribution in [2.45, 2.75) is 18.4 Å². The third-order valence-electron chi connectivity index (χ3n) is 2.82. The van der Waals surface area contributed by atoms with Crippen molar-refractivity contribution in [3.63, 3.8) is 0 Å². The number of aliphatic hydroxyl groups is 1. The molecule has 2 N–H and O–H groups in total. The molecule has 1 saturated heterocycles. The monoisotopic (exact) mass is 209 g/mol. The molecule has 1 aliphatic heterocycles. The summed E-state index contributed by atoms with van der Waals surface area (Å²) in [6.45, 7) is -0.162. The molecular weight excluding hydrogens is 197 g/mol. The highest BCUT2D eigenvalue weighted by atomic mass is 19.1. The third-order valence-corrected chi connectivity index (χ3v) is 2.82. The van der Waals surface area contributed by atoms with Gasteiger partial charge in [-0.15, -0.1) is 0 Å². The topological polar surface area (TPSA) is 49.3 Å². The fourth-order valence-corrected chi connectivity index (χ4v) is 1.91. The first-order chi connectivity index (χ1) is 7.16. The molecule has 1 heterocycles. The van der Waals surface area contributed by atoms with Gasteiger partial charge in [-0.1, -0.05) is 12.1 Å². The highest BCUT2D eigenvalue weighted by Gasteiger charge is 2.38. The van der Waals surface area contributed by atoms with Gasteiger partial charge in [-0.3, -0.25) is 4.79 Å². The van der Waals surface area contributed by atoms with Crippen LogP contribution in [-0.4, -0.2) is 17.6 Å². The van der Waals surface area contributed by atoms with Crippen molar-refractivity contribution in [1.82, 2.24) is 5.32 Å². The Balaban J connectivity index is 2.34. The van der Waals surface area contributed by atoms with Gasteiger partial charge >= 0.3 is 0 Å². The standard InChI is InChI=1S/C11H12FNO2/c12-9-3-1-8(2-4-9)11(7-14)6-5-10(15)13-11/h1-4,14H,5-7H2,(H,13,15). The minimum atomic E-state index is -0.717. The Morgan fingerprint density at radius 2 is 2.07 bits per heavy atom. The number of benzene rings is 1. The van der Waals surface area contributed by atoms with Crippen molar-refractivity contribution in [1.29, 1.82) is 0 Å². The van der Waals surface area contributed by atoms with Crippen LogP contribution in [0.1, 0.15) is 18.4 Å². The van der Waals surface area contributed by atoms with Gasteiger partial charge in [0.05, 0.1) is 12.1 Å². The van der Waals surface area contributed by atoms with E-state index in [0.29, 0.717) is 12.8 Å². The minimum absolute atomic E-state index is 0.0756. The molecule has 0 aromatic heterocycles. The van der Waals surface area contributed by atoms with Crippen LogP contribution in [-0.2, 0) is 10.3 Å². The normalized spacial score (nSPS) is 25.3. The summed E-state index contributed by atoms with van der Waals surface area (Å²) in [5.41, 5.74) is 0.0300. The molecule has 0 aliphatic carbocycles. The van der Waals surface area contributed by atoms with Gasteiger partial charge in [-0.25, -0.2) is 4.39 Å². The van der Waals surface area contributed by atoms with Gasteiger partial charge in [0.15, 0.2) is 0 Å². The Bertz CT molecular complexity index is 377. The molecule has 3 nitrogen and oxygen atoms in total. The number of halogens is 1. The molecule has 1 unspecified atom stereocenters. The molecule has 0 radical (unpaired) electrons. The van der Waals surface area contributed by atoms with E-state index >= 15 is 0 Å². The summed E-state index contributed by atoms with van der Waals surface area (Å²) >= 11 is 0. The van der Waals surface area contributed by atoms with Crippen LogP contribution in [0.25, 0.3) is 0 Å². The number of aliphatic hydroxyl groups excluding tert-OH is 1. The quantitative estimate of drug-likeness (QED) is 0.761. The van der Waals surface area contributed by atoms with E-state index in [9.17, 15) is 14.3 Å². The zero-order chi connectivity index (χ0) is 10.9. The second-order valence-electron chi connectivity index (χ2n) is 3.80. The van der Waals surface area contributed by atoms with Crippen molar-refractivity contribution in [3.8, 4) is 0 Å². The predicted molar refractivity (Wildman–Crippen MR) is 52.5 cm³/mol. The van der Waals surface area contributed by atoms with Crippen LogP contribution < -0.4 is 5.32 Å². The fourth-order valence-electron chi connectivity index (χ4n) is 1.91. The van der Waals surface area contributed by atoms with Gasteiger partial charge in [0.1, 0.15) is 5.82 Å². The Labute approximate surface area is 86.9 Å². The number of rotatable bonds is 2. The van der Waals surface area contributed by atoms with E-state index in [1.54, 1.807) is 12.1 Å². The summed E-state index contributed by atoms with van der Waals surface area (Å²) in [6, 6.07) is 5.85. The average molecular weight is 209 g/mol.